The number of ether oxygens (including phenoxy) is 1. The summed E-state index contributed by atoms with van der Waals surface area (Å²) in [5.74, 6) is -3.11. The van der Waals surface area contributed by atoms with Crippen LogP contribution in [0.2, 0.25) is 0 Å². The fourth-order valence-electron chi connectivity index (χ4n) is 2.83. The first-order chi connectivity index (χ1) is 15.7. The Kier molecular flexibility index (Phi) is 10.1. The molecule has 2 aromatic rings. The molecule has 0 heterocycles. The number of carbonyl (C=O) groups is 5. The zero-order valence-electron chi connectivity index (χ0n) is 17.9. The van der Waals surface area contributed by atoms with Crippen molar-refractivity contribution < 1.29 is 28.7 Å². The summed E-state index contributed by atoms with van der Waals surface area (Å²) in [6.45, 7) is 1.22. The maximum atomic E-state index is 12.6. The third kappa shape index (κ3) is 7.76. The SMILES string of the molecule is CCOC(=O)C(CN(S)C(=O)CC(=O)c1ccccc1)N(S)C(=O)CC(=O)c1ccccc1. The number of esters is 1. The van der Waals surface area contributed by atoms with E-state index in [0.717, 1.165) is 8.61 Å². The Labute approximate surface area is 203 Å². The first-order valence-corrected chi connectivity index (χ1v) is 10.9. The Morgan fingerprint density at radius 3 is 1.70 bits per heavy atom. The molecular formula is C23H24N2O6S2. The second-order valence-corrected chi connectivity index (χ2v) is 7.83. The van der Waals surface area contributed by atoms with E-state index in [0.29, 0.717) is 11.1 Å². The molecule has 0 saturated heterocycles. The topological polar surface area (TPSA) is 101 Å². The Balaban J connectivity index is 2.07. The van der Waals surface area contributed by atoms with E-state index in [9.17, 15) is 24.0 Å². The van der Waals surface area contributed by atoms with Crippen molar-refractivity contribution >= 4 is 55.0 Å². The fourth-order valence-corrected chi connectivity index (χ4v) is 3.29. The summed E-state index contributed by atoms with van der Waals surface area (Å²) in [6.07, 6.45) is -1.01. The van der Waals surface area contributed by atoms with Gasteiger partial charge in [-0.1, -0.05) is 86.3 Å². The Bertz CT molecular complexity index is 1000. The molecule has 0 aliphatic rings. The molecule has 10 heteroatoms. The summed E-state index contributed by atoms with van der Waals surface area (Å²) in [5.41, 5.74) is 0.700. The number of rotatable bonds is 11. The Morgan fingerprint density at radius 1 is 0.788 bits per heavy atom. The van der Waals surface area contributed by atoms with Crippen molar-refractivity contribution in [3.8, 4) is 0 Å². The Morgan fingerprint density at radius 2 is 1.24 bits per heavy atom. The van der Waals surface area contributed by atoms with E-state index in [-0.39, 0.29) is 6.61 Å². The minimum atomic E-state index is -1.34. The van der Waals surface area contributed by atoms with Crippen LogP contribution in [0.3, 0.4) is 0 Å². The van der Waals surface area contributed by atoms with Gasteiger partial charge in [0, 0.05) is 11.1 Å². The summed E-state index contributed by atoms with van der Waals surface area (Å²) < 4.78 is 6.61. The van der Waals surface area contributed by atoms with Crippen molar-refractivity contribution in [2.45, 2.75) is 25.8 Å². The van der Waals surface area contributed by atoms with Crippen molar-refractivity contribution in [3.05, 3.63) is 71.8 Å². The predicted octanol–water partition coefficient (Wildman–Crippen LogP) is 2.81. The molecule has 0 radical (unpaired) electrons. The zero-order valence-corrected chi connectivity index (χ0v) is 19.7. The molecule has 0 bridgehead atoms. The van der Waals surface area contributed by atoms with Gasteiger partial charge in [-0.3, -0.25) is 27.8 Å². The molecule has 2 rings (SSSR count). The average molecular weight is 489 g/mol. The van der Waals surface area contributed by atoms with Crippen molar-refractivity contribution in [1.82, 2.24) is 8.61 Å². The summed E-state index contributed by atoms with van der Waals surface area (Å²) in [5, 5.41) is 0. The molecule has 0 saturated carbocycles. The number of nitrogens with zero attached hydrogens (tertiary/aromatic N) is 2. The molecule has 8 nitrogen and oxygen atoms in total. The van der Waals surface area contributed by atoms with Crippen molar-refractivity contribution in [3.63, 3.8) is 0 Å². The van der Waals surface area contributed by atoms with Gasteiger partial charge < -0.3 is 4.74 Å². The number of carbonyl (C=O) groups excluding carboxylic acids is 5. The number of hydrogen-bond donors (Lipinski definition) is 2. The van der Waals surface area contributed by atoms with Crippen LogP contribution in [0, 0.1) is 0 Å². The Hall–Kier alpha value is -3.11. The summed E-state index contributed by atoms with van der Waals surface area (Å²) in [6, 6.07) is 15.1. The van der Waals surface area contributed by atoms with Gasteiger partial charge in [0.2, 0.25) is 11.8 Å². The van der Waals surface area contributed by atoms with E-state index in [2.05, 4.69) is 25.6 Å². The van der Waals surface area contributed by atoms with E-state index < -0.39 is 54.8 Å². The van der Waals surface area contributed by atoms with Gasteiger partial charge >= 0.3 is 5.97 Å². The number of amides is 2. The molecule has 0 aromatic heterocycles. The second-order valence-electron chi connectivity index (χ2n) is 6.91. The maximum absolute atomic E-state index is 12.6. The van der Waals surface area contributed by atoms with E-state index in [1.807, 2.05) is 0 Å². The zero-order chi connectivity index (χ0) is 24.4. The lowest BCUT2D eigenvalue weighted by molar-refractivity contribution is -0.151. The van der Waals surface area contributed by atoms with Crippen molar-refractivity contribution in [2.75, 3.05) is 13.2 Å². The summed E-state index contributed by atoms with van der Waals surface area (Å²) >= 11 is 8.19. The third-order valence-electron chi connectivity index (χ3n) is 4.56. The number of thiol groups is 2. The lowest BCUT2D eigenvalue weighted by Crippen LogP contribution is -2.47. The third-order valence-corrected chi connectivity index (χ3v) is 5.45. The van der Waals surface area contributed by atoms with Crippen LogP contribution in [0.4, 0.5) is 0 Å². The highest BCUT2D eigenvalue weighted by Crippen LogP contribution is 2.15. The molecule has 174 valence electrons. The molecule has 0 spiro atoms. The van der Waals surface area contributed by atoms with Crippen LogP contribution in [-0.2, 0) is 19.1 Å². The highest BCUT2D eigenvalue weighted by molar-refractivity contribution is 7.78. The van der Waals surface area contributed by atoms with Crippen LogP contribution in [0.25, 0.3) is 0 Å². The van der Waals surface area contributed by atoms with Crippen molar-refractivity contribution in [2.24, 2.45) is 0 Å². The lowest BCUT2D eigenvalue weighted by atomic mass is 10.1. The molecular weight excluding hydrogens is 464 g/mol. The van der Waals surface area contributed by atoms with Gasteiger partial charge in [0.05, 0.1) is 26.0 Å². The minimum absolute atomic E-state index is 0.0289. The number of benzene rings is 2. The molecule has 0 fully saturated rings. The van der Waals surface area contributed by atoms with Crippen LogP contribution < -0.4 is 0 Å². The first-order valence-electron chi connectivity index (χ1n) is 10.1. The van der Waals surface area contributed by atoms with E-state index in [4.69, 9.17) is 4.74 Å². The largest absolute Gasteiger partial charge is 0.464 e. The van der Waals surface area contributed by atoms with Crippen LogP contribution in [0.5, 0.6) is 0 Å². The van der Waals surface area contributed by atoms with Gasteiger partial charge in [-0.15, -0.1) is 0 Å². The van der Waals surface area contributed by atoms with Crippen LogP contribution in [0.15, 0.2) is 60.7 Å². The molecule has 33 heavy (non-hydrogen) atoms. The van der Waals surface area contributed by atoms with Crippen molar-refractivity contribution in [1.29, 1.82) is 0 Å². The van der Waals surface area contributed by atoms with E-state index in [1.54, 1.807) is 67.6 Å². The predicted molar refractivity (Wildman–Crippen MR) is 128 cm³/mol. The van der Waals surface area contributed by atoms with Gasteiger partial charge in [0.25, 0.3) is 0 Å². The smallest absolute Gasteiger partial charge is 0.331 e. The number of hydrogen-bond acceptors (Lipinski definition) is 8. The van der Waals surface area contributed by atoms with Crippen LogP contribution in [-0.4, -0.2) is 57.2 Å². The van der Waals surface area contributed by atoms with Gasteiger partial charge in [-0.05, 0) is 6.92 Å². The molecule has 1 atom stereocenters. The number of ketones is 2. The molecule has 1 unspecified atom stereocenters. The van der Waals surface area contributed by atoms with E-state index in [1.165, 1.54) is 0 Å². The molecule has 0 N–H and O–H groups in total. The molecule has 2 amide bonds. The molecule has 0 aliphatic carbocycles. The normalized spacial score (nSPS) is 11.2. The van der Waals surface area contributed by atoms with Gasteiger partial charge in [-0.25, -0.2) is 4.79 Å². The van der Waals surface area contributed by atoms with Gasteiger partial charge in [0.15, 0.2) is 17.6 Å². The highest BCUT2D eigenvalue weighted by Gasteiger charge is 2.33. The standard InChI is InChI=1S/C23H24N2O6S2/c1-2-31-23(30)18(25(33)22(29)14-20(27)17-11-7-4-8-12-17)15-24(32)21(28)13-19(26)16-9-5-3-6-10-16/h3-12,18,32-33H,2,13-15H2,1H3. The summed E-state index contributed by atoms with van der Waals surface area (Å²) in [4.78, 5) is 62.2. The first kappa shape index (κ1) is 26.1. The average Bonchev–Trinajstić information content (AvgIpc) is 2.82. The van der Waals surface area contributed by atoms with Crippen LogP contribution in [0.1, 0.15) is 40.5 Å². The van der Waals surface area contributed by atoms with Gasteiger partial charge in [-0.2, -0.15) is 0 Å². The monoisotopic (exact) mass is 488 g/mol. The molecule has 2 aromatic carbocycles. The summed E-state index contributed by atoms with van der Waals surface area (Å²) in [7, 11) is 0. The highest BCUT2D eigenvalue weighted by atomic mass is 32.1. The quantitative estimate of drug-likeness (QED) is 0.218. The lowest BCUT2D eigenvalue weighted by Gasteiger charge is -2.28. The second kappa shape index (κ2) is 12.8. The number of Topliss-reactive ketones (excluding diaryl/α,β-unsaturated/α-hetero) is 2. The maximum Gasteiger partial charge on any atom is 0.331 e. The fraction of sp³-hybridized carbons (Fsp3) is 0.261. The van der Waals surface area contributed by atoms with Gasteiger partial charge in [0.1, 0.15) is 0 Å². The van der Waals surface area contributed by atoms with Crippen LogP contribution >= 0.6 is 25.6 Å². The molecule has 0 aliphatic heterocycles. The van der Waals surface area contributed by atoms with E-state index >= 15 is 0 Å². The minimum Gasteiger partial charge on any atom is -0.464 e.